The van der Waals surface area contributed by atoms with Crippen molar-refractivity contribution in [2.75, 3.05) is 6.54 Å². The summed E-state index contributed by atoms with van der Waals surface area (Å²) in [5.74, 6) is 0.846. The summed E-state index contributed by atoms with van der Waals surface area (Å²) in [6.07, 6.45) is 7.31. The van der Waals surface area contributed by atoms with Gasteiger partial charge in [0.2, 0.25) is 0 Å². The lowest BCUT2D eigenvalue weighted by molar-refractivity contribution is 0.659. The van der Waals surface area contributed by atoms with Gasteiger partial charge in [-0.05, 0) is 30.7 Å². The summed E-state index contributed by atoms with van der Waals surface area (Å²) in [5, 5.41) is 3.34. The molecule has 94 valence electrons. The zero-order chi connectivity index (χ0) is 12.6. The van der Waals surface area contributed by atoms with E-state index < -0.39 is 0 Å². The molecular formula is C14H18N4. The Bertz CT molecular complexity index is 470. The number of rotatable bonds is 6. The van der Waals surface area contributed by atoms with Crippen molar-refractivity contribution in [1.29, 1.82) is 0 Å². The highest BCUT2D eigenvalue weighted by molar-refractivity contribution is 5.15. The van der Waals surface area contributed by atoms with Gasteiger partial charge in [0.05, 0.1) is 5.69 Å². The molecule has 2 heterocycles. The van der Waals surface area contributed by atoms with Crippen molar-refractivity contribution in [3.63, 3.8) is 0 Å². The van der Waals surface area contributed by atoms with Crippen LogP contribution in [0, 0.1) is 0 Å². The number of pyridine rings is 1. The molecule has 0 unspecified atom stereocenters. The third-order valence-corrected chi connectivity index (χ3v) is 2.58. The largest absolute Gasteiger partial charge is 0.311 e. The quantitative estimate of drug-likeness (QED) is 0.787. The molecule has 2 aromatic heterocycles. The lowest BCUT2D eigenvalue weighted by atomic mass is 10.2. The van der Waals surface area contributed by atoms with Crippen LogP contribution in [-0.4, -0.2) is 21.5 Å². The smallest absolute Gasteiger partial charge is 0.133 e. The number of aromatic nitrogens is 3. The summed E-state index contributed by atoms with van der Waals surface area (Å²) >= 11 is 0. The fourth-order valence-electron chi connectivity index (χ4n) is 1.70. The van der Waals surface area contributed by atoms with Crippen LogP contribution in [0.25, 0.3) is 0 Å². The molecule has 2 aromatic rings. The Hall–Kier alpha value is -1.81. The van der Waals surface area contributed by atoms with E-state index in [1.807, 2.05) is 30.6 Å². The molecule has 1 N–H and O–H groups in total. The molecule has 0 aliphatic carbocycles. The van der Waals surface area contributed by atoms with Crippen molar-refractivity contribution in [1.82, 2.24) is 20.3 Å². The molecular weight excluding hydrogens is 224 g/mol. The molecule has 4 nitrogen and oxygen atoms in total. The van der Waals surface area contributed by atoms with Gasteiger partial charge in [-0.2, -0.15) is 0 Å². The molecule has 0 spiro atoms. The minimum absolute atomic E-state index is 0.732. The maximum absolute atomic E-state index is 4.54. The van der Waals surface area contributed by atoms with Crippen LogP contribution in [0.3, 0.4) is 0 Å². The number of hydrogen-bond acceptors (Lipinski definition) is 4. The van der Waals surface area contributed by atoms with E-state index in [0.29, 0.717) is 0 Å². The molecule has 0 bridgehead atoms. The van der Waals surface area contributed by atoms with Crippen LogP contribution < -0.4 is 5.32 Å². The molecule has 0 amide bonds. The van der Waals surface area contributed by atoms with E-state index in [-0.39, 0.29) is 0 Å². The molecule has 0 aromatic carbocycles. The van der Waals surface area contributed by atoms with E-state index >= 15 is 0 Å². The Morgan fingerprint density at radius 1 is 1.22 bits per heavy atom. The minimum Gasteiger partial charge on any atom is -0.311 e. The van der Waals surface area contributed by atoms with E-state index in [4.69, 9.17) is 0 Å². The summed E-state index contributed by atoms with van der Waals surface area (Å²) in [4.78, 5) is 12.9. The van der Waals surface area contributed by atoms with Gasteiger partial charge in [0.25, 0.3) is 0 Å². The van der Waals surface area contributed by atoms with Crippen LogP contribution in [0.15, 0.2) is 36.8 Å². The molecule has 4 heteroatoms. The highest BCUT2D eigenvalue weighted by Gasteiger charge is 2.01. The predicted molar refractivity (Wildman–Crippen MR) is 71.1 cm³/mol. The first-order valence-corrected chi connectivity index (χ1v) is 6.29. The molecule has 0 aliphatic heterocycles. The van der Waals surface area contributed by atoms with Crippen molar-refractivity contribution in [2.24, 2.45) is 0 Å². The zero-order valence-corrected chi connectivity index (χ0v) is 10.6. The summed E-state index contributed by atoms with van der Waals surface area (Å²) in [6, 6.07) is 5.93. The van der Waals surface area contributed by atoms with Crippen molar-refractivity contribution in [3.8, 4) is 0 Å². The summed E-state index contributed by atoms with van der Waals surface area (Å²) in [5.41, 5.74) is 2.17. The van der Waals surface area contributed by atoms with Gasteiger partial charge in [-0.15, -0.1) is 0 Å². The first kappa shape index (κ1) is 12.6. The highest BCUT2D eigenvalue weighted by Crippen LogP contribution is 2.04. The van der Waals surface area contributed by atoms with E-state index in [1.165, 1.54) is 0 Å². The molecule has 0 atom stereocenters. The average Bonchev–Trinajstić information content (AvgIpc) is 2.41. The predicted octanol–water partition coefficient (Wildman–Crippen LogP) is 1.96. The van der Waals surface area contributed by atoms with Crippen molar-refractivity contribution < 1.29 is 0 Å². The Kier molecular flexibility index (Phi) is 4.78. The van der Waals surface area contributed by atoms with Gasteiger partial charge in [0.1, 0.15) is 5.82 Å². The standard InChI is InChI=1S/C14H18N4/c1-2-6-15-11-13-5-8-17-14(18-13)9-12-4-3-7-16-10-12/h3-5,7-8,10,15H,2,6,9,11H2,1H3. The summed E-state index contributed by atoms with van der Waals surface area (Å²) in [6.45, 7) is 3.97. The zero-order valence-electron chi connectivity index (χ0n) is 10.6. The molecule has 18 heavy (non-hydrogen) atoms. The molecule has 0 saturated carbocycles. The summed E-state index contributed by atoms with van der Waals surface area (Å²) in [7, 11) is 0. The van der Waals surface area contributed by atoms with Crippen LogP contribution in [0.2, 0.25) is 0 Å². The second-order valence-corrected chi connectivity index (χ2v) is 4.18. The minimum atomic E-state index is 0.732. The third kappa shape index (κ3) is 3.89. The summed E-state index contributed by atoms with van der Waals surface area (Å²) < 4.78 is 0. The van der Waals surface area contributed by atoms with Crippen LogP contribution in [-0.2, 0) is 13.0 Å². The van der Waals surface area contributed by atoms with E-state index in [9.17, 15) is 0 Å². The number of nitrogens with zero attached hydrogens (tertiary/aromatic N) is 3. The van der Waals surface area contributed by atoms with E-state index in [2.05, 4.69) is 27.2 Å². The maximum Gasteiger partial charge on any atom is 0.133 e. The monoisotopic (exact) mass is 242 g/mol. The molecule has 0 aliphatic rings. The topological polar surface area (TPSA) is 50.7 Å². The van der Waals surface area contributed by atoms with Gasteiger partial charge in [0, 0.05) is 31.6 Å². The fraction of sp³-hybridized carbons (Fsp3) is 0.357. The van der Waals surface area contributed by atoms with Crippen LogP contribution in [0.5, 0.6) is 0 Å². The maximum atomic E-state index is 4.54. The Morgan fingerprint density at radius 3 is 2.94 bits per heavy atom. The second-order valence-electron chi connectivity index (χ2n) is 4.18. The van der Waals surface area contributed by atoms with Crippen LogP contribution >= 0.6 is 0 Å². The molecule has 2 rings (SSSR count). The van der Waals surface area contributed by atoms with Gasteiger partial charge in [-0.1, -0.05) is 13.0 Å². The lowest BCUT2D eigenvalue weighted by Crippen LogP contribution is -2.15. The van der Waals surface area contributed by atoms with Crippen LogP contribution in [0.4, 0.5) is 0 Å². The Labute approximate surface area is 108 Å². The van der Waals surface area contributed by atoms with Crippen LogP contribution in [0.1, 0.15) is 30.4 Å². The lowest BCUT2D eigenvalue weighted by Gasteiger charge is -2.04. The SMILES string of the molecule is CCCNCc1ccnc(Cc2cccnc2)n1. The fourth-order valence-corrected chi connectivity index (χ4v) is 1.70. The van der Waals surface area contributed by atoms with Gasteiger partial charge >= 0.3 is 0 Å². The van der Waals surface area contributed by atoms with Gasteiger partial charge in [-0.25, -0.2) is 9.97 Å². The Morgan fingerprint density at radius 2 is 2.17 bits per heavy atom. The van der Waals surface area contributed by atoms with E-state index in [1.54, 1.807) is 6.20 Å². The third-order valence-electron chi connectivity index (χ3n) is 2.58. The molecule has 0 fully saturated rings. The first-order valence-electron chi connectivity index (χ1n) is 6.29. The van der Waals surface area contributed by atoms with Gasteiger partial charge in [0.15, 0.2) is 0 Å². The second kappa shape index (κ2) is 6.81. The number of nitrogens with one attached hydrogen (secondary N) is 1. The highest BCUT2D eigenvalue weighted by atomic mass is 14.9. The molecule has 0 radical (unpaired) electrons. The Balaban J connectivity index is 1.99. The molecule has 0 saturated heterocycles. The first-order chi connectivity index (χ1) is 8.88. The van der Waals surface area contributed by atoms with Gasteiger partial charge in [-0.3, -0.25) is 4.98 Å². The normalized spacial score (nSPS) is 10.5. The average molecular weight is 242 g/mol. The van der Waals surface area contributed by atoms with Gasteiger partial charge < -0.3 is 5.32 Å². The van der Waals surface area contributed by atoms with E-state index in [0.717, 1.165) is 43.0 Å². The van der Waals surface area contributed by atoms with Crippen molar-refractivity contribution >= 4 is 0 Å². The number of hydrogen-bond donors (Lipinski definition) is 1. The van der Waals surface area contributed by atoms with Crippen molar-refractivity contribution in [3.05, 3.63) is 53.9 Å². The van der Waals surface area contributed by atoms with Crippen molar-refractivity contribution in [2.45, 2.75) is 26.3 Å².